The molecule has 1 aliphatic heterocycles. The molecule has 2 heterocycles. The summed E-state index contributed by atoms with van der Waals surface area (Å²) >= 11 is 0. The van der Waals surface area contributed by atoms with Crippen LogP contribution in [-0.2, 0) is 13.0 Å². The first kappa shape index (κ1) is 11.8. The quantitative estimate of drug-likeness (QED) is 0.853. The summed E-state index contributed by atoms with van der Waals surface area (Å²) in [5, 5.41) is 0. The number of aromatic nitrogens is 2. The van der Waals surface area contributed by atoms with Crippen LogP contribution in [0.15, 0.2) is 6.33 Å². The van der Waals surface area contributed by atoms with Gasteiger partial charge in [0.2, 0.25) is 0 Å². The number of imidazole rings is 1. The van der Waals surface area contributed by atoms with Crippen molar-refractivity contribution in [3.63, 3.8) is 0 Å². The number of nitrogens with zero attached hydrogens (tertiary/aromatic N) is 2. The molecule has 108 valence electrons. The first-order chi connectivity index (χ1) is 9.78. The molecule has 1 aromatic rings. The van der Waals surface area contributed by atoms with Crippen LogP contribution in [0.1, 0.15) is 55.8 Å². The highest BCUT2D eigenvalue weighted by molar-refractivity contribution is 5.25. The lowest BCUT2D eigenvalue weighted by Crippen LogP contribution is -2.44. The summed E-state index contributed by atoms with van der Waals surface area (Å²) in [6.45, 7) is 1.08. The molecule has 3 heteroatoms. The number of aryl methyl sites for hydroxylation is 1. The largest absolute Gasteiger partial charge is 0.334 e. The highest BCUT2D eigenvalue weighted by Gasteiger charge is 2.50. The molecule has 0 saturated heterocycles. The lowest BCUT2D eigenvalue weighted by Gasteiger charge is -2.54. The fourth-order valence-corrected chi connectivity index (χ4v) is 6.14. The molecule has 1 aromatic heterocycles. The highest BCUT2D eigenvalue weighted by Crippen LogP contribution is 2.59. The van der Waals surface area contributed by atoms with Crippen molar-refractivity contribution in [3.8, 4) is 0 Å². The van der Waals surface area contributed by atoms with Gasteiger partial charge in [-0.05, 0) is 62.2 Å². The zero-order chi connectivity index (χ0) is 13.3. The van der Waals surface area contributed by atoms with Crippen molar-refractivity contribution in [2.24, 2.45) is 29.4 Å². The Balaban J connectivity index is 1.53. The summed E-state index contributed by atoms with van der Waals surface area (Å²) in [5.41, 5.74) is 9.15. The van der Waals surface area contributed by atoms with Crippen LogP contribution in [0.2, 0.25) is 0 Å². The van der Waals surface area contributed by atoms with Crippen LogP contribution in [0.4, 0.5) is 0 Å². The Kier molecular flexibility index (Phi) is 2.41. The third-order valence-electron chi connectivity index (χ3n) is 6.72. The summed E-state index contributed by atoms with van der Waals surface area (Å²) in [4.78, 5) is 4.89. The molecule has 2 N–H and O–H groups in total. The minimum absolute atomic E-state index is 0.356. The molecule has 0 amide bonds. The van der Waals surface area contributed by atoms with E-state index in [-0.39, 0.29) is 0 Å². The van der Waals surface area contributed by atoms with Gasteiger partial charge >= 0.3 is 0 Å². The number of nitrogens with two attached hydrogens (primary N) is 1. The van der Waals surface area contributed by atoms with Gasteiger partial charge in [0, 0.05) is 30.6 Å². The summed E-state index contributed by atoms with van der Waals surface area (Å²) in [5.74, 6) is 4.74. The van der Waals surface area contributed by atoms with Crippen molar-refractivity contribution in [1.82, 2.24) is 9.55 Å². The number of fused-ring (bicyclic) bond motifs is 1. The minimum atomic E-state index is 0.356. The van der Waals surface area contributed by atoms with Crippen molar-refractivity contribution in [1.29, 1.82) is 0 Å². The van der Waals surface area contributed by atoms with Crippen molar-refractivity contribution in [3.05, 3.63) is 17.7 Å². The van der Waals surface area contributed by atoms with E-state index < -0.39 is 0 Å². The van der Waals surface area contributed by atoms with Gasteiger partial charge in [-0.3, -0.25) is 0 Å². The van der Waals surface area contributed by atoms with E-state index in [2.05, 4.69) is 10.9 Å². The Hall–Kier alpha value is -0.830. The van der Waals surface area contributed by atoms with E-state index in [9.17, 15) is 0 Å². The molecule has 1 atom stereocenters. The van der Waals surface area contributed by atoms with Crippen molar-refractivity contribution in [2.75, 3.05) is 0 Å². The summed E-state index contributed by atoms with van der Waals surface area (Å²) in [6.07, 6.45) is 11.7. The van der Waals surface area contributed by atoms with E-state index in [1.54, 1.807) is 0 Å². The summed E-state index contributed by atoms with van der Waals surface area (Å²) in [7, 11) is 0. The Bertz CT molecular complexity index is 504. The first-order valence-electron chi connectivity index (χ1n) is 8.57. The van der Waals surface area contributed by atoms with Gasteiger partial charge in [-0.15, -0.1) is 0 Å². The molecular formula is C17H25N3. The lowest BCUT2D eigenvalue weighted by molar-refractivity contribution is -0.00444. The van der Waals surface area contributed by atoms with E-state index in [0.717, 1.165) is 49.0 Å². The zero-order valence-electron chi connectivity index (χ0n) is 12.2. The van der Waals surface area contributed by atoms with E-state index in [4.69, 9.17) is 10.7 Å². The minimum Gasteiger partial charge on any atom is -0.334 e. The molecule has 1 unspecified atom stereocenters. The molecule has 4 aliphatic carbocycles. The third-order valence-corrected chi connectivity index (χ3v) is 6.72. The Morgan fingerprint density at radius 1 is 1.05 bits per heavy atom. The molecule has 0 aromatic carbocycles. The van der Waals surface area contributed by atoms with Crippen molar-refractivity contribution < 1.29 is 0 Å². The second-order valence-corrected chi connectivity index (χ2v) is 7.98. The molecule has 4 bridgehead atoms. The summed E-state index contributed by atoms with van der Waals surface area (Å²) < 4.78 is 2.39. The predicted octanol–water partition coefficient (Wildman–Crippen LogP) is 2.70. The van der Waals surface area contributed by atoms with Gasteiger partial charge in [0.1, 0.15) is 0 Å². The maximum Gasteiger partial charge on any atom is 0.0951 e. The van der Waals surface area contributed by atoms with Crippen molar-refractivity contribution in [2.45, 2.75) is 63.5 Å². The van der Waals surface area contributed by atoms with Crippen LogP contribution in [0.3, 0.4) is 0 Å². The van der Waals surface area contributed by atoms with Crippen LogP contribution >= 0.6 is 0 Å². The predicted molar refractivity (Wildman–Crippen MR) is 78.3 cm³/mol. The van der Waals surface area contributed by atoms with Crippen LogP contribution in [0.25, 0.3) is 0 Å². The van der Waals surface area contributed by atoms with Gasteiger partial charge < -0.3 is 10.3 Å². The van der Waals surface area contributed by atoms with Crippen LogP contribution in [0.5, 0.6) is 0 Å². The second kappa shape index (κ2) is 4.09. The number of rotatable bonds is 1. The molecule has 0 radical (unpaired) electrons. The van der Waals surface area contributed by atoms with Gasteiger partial charge in [0.05, 0.1) is 12.0 Å². The molecule has 4 fully saturated rings. The lowest BCUT2D eigenvalue weighted by atomic mass is 9.51. The molecule has 20 heavy (non-hydrogen) atoms. The van der Waals surface area contributed by atoms with E-state index in [1.807, 2.05) is 0 Å². The maximum absolute atomic E-state index is 6.21. The van der Waals surface area contributed by atoms with Crippen LogP contribution in [-0.4, -0.2) is 15.6 Å². The van der Waals surface area contributed by atoms with E-state index >= 15 is 0 Å². The normalized spacial score (nSPS) is 45.6. The molecule has 0 spiro atoms. The summed E-state index contributed by atoms with van der Waals surface area (Å²) in [6, 6.07) is 0.356. The van der Waals surface area contributed by atoms with E-state index in [1.165, 1.54) is 43.5 Å². The Morgan fingerprint density at radius 2 is 1.75 bits per heavy atom. The fourth-order valence-electron chi connectivity index (χ4n) is 6.14. The Morgan fingerprint density at radius 3 is 2.45 bits per heavy atom. The maximum atomic E-state index is 6.21. The number of hydrogen-bond acceptors (Lipinski definition) is 2. The SMILES string of the molecule is NC1CCn2cnc(C3C4CC5CC(C4)CC3C5)c2C1. The second-order valence-electron chi connectivity index (χ2n) is 7.98. The van der Waals surface area contributed by atoms with Crippen LogP contribution in [0, 0.1) is 23.7 Å². The smallest absolute Gasteiger partial charge is 0.0951 e. The Labute approximate surface area is 120 Å². The monoisotopic (exact) mass is 271 g/mol. The molecule has 3 nitrogen and oxygen atoms in total. The van der Waals surface area contributed by atoms with Gasteiger partial charge in [-0.2, -0.15) is 0 Å². The molecule has 4 saturated carbocycles. The van der Waals surface area contributed by atoms with Gasteiger partial charge in [-0.25, -0.2) is 4.98 Å². The zero-order valence-corrected chi connectivity index (χ0v) is 12.2. The van der Waals surface area contributed by atoms with Crippen LogP contribution < -0.4 is 5.73 Å². The third kappa shape index (κ3) is 1.59. The molecular weight excluding hydrogens is 246 g/mol. The first-order valence-corrected chi connectivity index (χ1v) is 8.57. The topological polar surface area (TPSA) is 43.8 Å². The van der Waals surface area contributed by atoms with Crippen molar-refractivity contribution >= 4 is 0 Å². The van der Waals surface area contributed by atoms with Gasteiger partial charge in [-0.1, -0.05) is 0 Å². The van der Waals surface area contributed by atoms with E-state index in [0.29, 0.717) is 6.04 Å². The van der Waals surface area contributed by atoms with Gasteiger partial charge in [0.15, 0.2) is 0 Å². The average molecular weight is 271 g/mol. The highest BCUT2D eigenvalue weighted by atomic mass is 15.1. The fraction of sp³-hybridized carbons (Fsp3) is 0.824. The van der Waals surface area contributed by atoms with Gasteiger partial charge in [0.25, 0.3) is 0 Å². The standard InChI is InChI=1S/C17H25N3/c18-14-1-2-20-9-19-17(15(20)8-14)16-12-4-10-3-11(6-12)7-13(16)5-10/h9-14,16H,1-8,18H2. The molecule has 5 aliphatic rings. The average Bonchev–Trinajstić information content (AvgIpc) is 2.81. The number of hydrogen-bond donors (Lipinski definition) is 1. The molecule has 6 rings (SSSR count).